The van der Waals surface area contributed by atoms with Crippen LogP contribution in [0.15, 0.2) is 30.3 Å². The average molecular weight is 278 g/mol. The number of rotatable bonds is 3. The fraction of sp³-hybridized carbons (Fsp3) is 0.429. The number of hydrogen-bond donors (Lipinski definition) is 1. The van der Waals surface area contributed by atoms with Crippen LogP contribution < -0.4 is 5.32 Å². The quantitative estimate of drug-likeness (QED) is 0.829. The predicted molar refractivity (Wildman–Crippen MR) is 72.0 cm³/mol. The summed E-state index contributed by atoms with van der Waals surface area (Å²) in [6, 6.07) is 8.63. The fourth-order valence-corrected chi connectivity index (χ4v) is 2.05. The number of esters is 1. The van der Waals surface area contributed by atoms with Gasteiger partial charge in [-0.05, 0) is 5.56 Å². The van der Waals surface area contributed by atoms with Crippen molar-refractivity contribution in [1.29, 1.82) is 0 Å². The van der Waals surface area contributed by atoms with E-state index in [2.05, 4.69) is 5.32 Å². The maximum Gasteiger partial charge on any atom is 0.331 e. The van der Waals surface area contributed by atoms with Crippen molar-refractivity contribution in [2.45, 2.75) is 12.6 Å². The average Bonchev–Trinajstić information content (AvgIpc) is 2.52. The van der Waals surface area contributed by atoms with Crippen molar-refractivity contribution < 1.29 is 19.1 Å². The molecular weight excluding hydrogens is 260 g/mol. The molecule has 1 N–H and O–H groups in total. The molecule has 0 aliphatic carbocycles. The van der Waals surface area contributed by atoms with Crippen molar-refractivity contribution in [1.82, 2.24) is 10.2 Å². The van der Waals surface area contributed by atoms with Gasteiger partial charge in [-0.15, -0.1) is 0 Å². The summed E-state index contributed by atoms with van der Waals surface area (Å²) >= 11 is 0. The van der Waals surface area contributed by atoms with Gasteiger partial charge in [0.05, 0.1) is 20.3 Å². The Bertz CT molecular complexity index is 464. The van der Waals surface area contributed by atoms with Crippen LogP contribution in [0.25, 0.3) is 0 Å². The summed E-state index contributed by atoms with van der Waals surface area (Å²) in [5.74, 6) is -0.459. The largest absolute Gasteiger partial charge is 0.467 e. The summed E-state index contributed by atoms with van der Waals surface area (Å²) in [7, 11) is 1.30. The highest BCUT2D eigenvalue weighted by molar-refractivity contribution is 5.84. The number of carbonyl (C=O) groups is 2. The Hall–Kier alpha value is -2.08. The van der Waals surface area contributed by atoms with Crippen LogP contribution in [0.4, 0.5) is 4.79 Å². The van der Waals surface area contributed by atoms with E-state index >= 15 is 0 Å². The molecule has 1 aliphatic rings. The van der Waals surface area contributed by atoms with E-state index in [9.17, 15) is 9.59 Å². The number of methoxy groups -OCH3 is 1. The van der Waals surface area contributed by atoms with Gasteiger partial charge in [0, 0.05) is 13.1 Å². The molecule has 1 heterocycles. The van der Waals surface area contributed by atoms with E-state index in [1.165, 1.54) is 12.0 Å². The molecule has 0 unspecified atom stereocenters. The molecule has 1 fully saturated rings. The Balaban J connectivity index is 1.94. The minimum atomic E-state index is -0.676. The standard InChI is InChI=1S/C14H18N2O4/c1-19-13(17)12-10-20-8-7-16(12)14(18)15-9-11-5-3-2-4-6-11/h2-6,12H,7-10H2,1H3,(H,15,18)/t12-/m0/s1. The van der Waals surface area contributed by atoms with E-state index in [0.717, 1.165) is 5.56 Å². The van der Waals surface area contributed by atoms with E-state index in [1.54, 1.807) is 0 Å². The van der Waals surface area contributed by atoms with Gasteiger partial charge in [0.1, 0.15) is 0 Å². The minimum Gasteiger partial charge on any atom is -0.467 e. The van der Waals surface area contributed by atoms with Crippen molar-refractivity contribution in [2.75, 3.05) is 26.9 Å². The summed E-state index contributed by atoms with van der Waals surface area (Å²) in [5, 5.41) is 2.80. The van der Waals surface area contributed by atoms with E-state index in [0.29, 0.717) is 19.7 Å². The molecule has 1 atom stereocenters. The fourth-order valence-electron chi connectivity index (χ4n) is 2.05. The van der Waals surface area contributed by atoms with Crippen LogP contribution in [0.3, 0.4) is 0 Å². The van der Waals surface area contributed by atoms with Crippen LogP contribution in [-0.2, 0) is 20.8 Å². The van der Waals surface area contributed by atoms with Crippen molar-refractivity contribution in [3.63, 3.8) is 0 Å². The zero-order chi connectivity index (χ0) is 14.4. The van der Waals surface area contributed by atoms with Gasteiger partial charge in [0.25, 0.3) is 0 Å². The first-order chi connectivity index (χ1) is 9.72. The third-order valence-electron chi connectivity index (χ3n) is 3.15. The SMILES string of the molecule is COC(=O)[C@@H]1COCCN1C(=O)NCc1ccccc1. The minimum absolute atomic E-state index is 0.172. The van der Waals surface area contributed by atoms with Crippen LogP contribution in [-0.4, -0.2) is 49.8 Å². The van der Waals surface area contributed by atoms with Crippen LogP contribution in [0, 0.1) is 0 Å². The summed E-state index contributed by atoms with van der Waals surface area (Å²) in [6.45, 7) is 1.39. The second-order valence-electron chi connectivity index (χ2n) is 4.45. The van der Waals surface area contributed by atoms with Gasteiger partial charge in [0.15, 0.2) is 6.04 Å². The Labute approximate surface area is 117 Å². The van der Waals surface area contributed by atoms with Gasteiger partial charge in [-0.1, -0.05) is 30.3 Å². The molecule has 6 nitrogen and oxygen atoms in total. The maximum atomic E-state index is 12.2. The lowest BCUT2D eigenvalue weighted by Crippen LogP contribution is -2.55. The normalized spacial score (nSPS) is 18.4. The molecule has 1 saturated heterocycles. The van der Waals surface area contributed by atoms with Crippen molar-refractivity contribution in [3.05, 3.63) is 35.9 Å². The van der Waals surface area contributed by atoms with E-state index in [-0.39, 0.29) is 12.6 Å². The van der Waals surface area contributed by atoms with Crippen molar-refractivity contribution in [2.24, 2.45) is 0 Å². The molecule has 1 aliphatic heterocycles. The lowest BCUT2D eigenvalue weighted by atomic mass is 10.2. The Morgan fingerprint density at radius 2 is 2.15 bits per heavy atom. The number of nitrogens with zero attached hydrogens (tertiary/aromatic N) is 1. The van der Waals surface area contributed by atoms with Gasteiger partial charge in [-0.25, -0.2) is 9.59 Å². The van der Waals surface area contributed by atoms with Gasteiger partial charge in [-0.3, -0.25) is 0 Å². The maximum absolute atomic E-state index is 12.2. The lowest BCUT2D eigenvalue weighted by molar-refractivity contribution is -0.151. The first-order valence-corrected chi connectivity index (χ1v) is 6.46. The summed E-state index contributed by atoms with van der Waals surface area (Å²) in [4.78, 5) is 25.2. The monoisotopic (exact) mass is 278 g/mol. The number of nitrogens with one attached hydrogen (secondary N) is 1. The molecule has 2 amide bonds. The second-order valence-corrected chi connectivity index (χ2v) is 4.45. The third-order valence-corrected chi connectivity index (χ3v) is 3.15. The number of benzene rings is 1. The number of hydrogen-bond acceptors (Lipinski definition) is 4. The number of morpholine rings is 1. The van der Waals surface area contributed by atoms with Crippen LogP contribution >= 0.6 is 0 Å². The predicted octanol–water partition coefficient (Wildman–Crippen LogP) is 0.770. The molecule has 2 rings (SSSR count). The third kappa shape index (κ3) is 3.48. The molecule has 0 aromatic heterocycles. The van der Waals surface area contributed by atoms with Gasteiger partial charge in [-0.2, -0.15) is 0 Å². The second kappa shape index (κ2) is 6.91. The molecular formula is C14H18N2O4. The Morgan fingerprint density at radius 1 is 1.40 bits per heavy atom. The van der Waals surface area contributed by atoms with Gasteiger partial charge < -0.3 is 19.7 Å². The smallest absolute Gasteiger partial charge is 0.331 e. The highest BCUT2D eigenvalue weighted by atomic mass is 16.5. The lowest BCUT2D eigenvalue weighted by Gasteiger charge is -2.33. The summed E-state index contributed by atoms with van der Waals surface area (Å²) in [6.07, 6.45) is 0. The first kappa shape index (κ1) is 14.3. The van der Waals surface area contributed by atoms with E-state index < -0.39 is 12.0 Å². The summed E-state index contributed by atoms with van der Waals surface area (Å²) < 4.78 is 9.92. The molecule has 6 heteroatoms. The van der Waals surface area contributed by atoms with Crippen LogP contribution in [0.2, 0.25) is 0 Å². The van der Waals surface area contributed by atoms with Crippen LogP contribution in [0.1, 0.15) is 5.56 Å². The zero-order valence-corrected chi connectivity index (χ0v) is 11.4. The molecule has 0 radical (unpaired) electrons. The first-order valence-electron chi connectivity index (χ1n) is 6.46. The van der Waals surface area contributed by atoms with E-state index in [4.69, 9.17) is 9.47 Å². The summed E-state index contributed by atoms with van der Waals surface area (Å²) in [5.41, 5.74) is 1.00. The van der Waals surface area contributed by atoms with E-state index in [1.807, 2.05) is 30.3 Å². The van der Waals surface area contributed by atoms with Crippen LogP contribution in [0.5, 0.6) is 0 Å². The Kier molecular flexibility index (Phi) is 4.95. The highest BCUT2D eigenvalue weighted by Crippen LogP contribution is 2.09. The van der Waals surface area contributed by atoms with Gasteiger partial charge in [0.2, 0.25) is 0 Å². The number of carbonyl (C=O) groups excluding carboxylic acids is 2. The van der Waals surface area contributed by atoms with Crippen molar-refractivity contribution in [3.8, 4) is 0 Å². The topological polar surface area (TPSA) is 67.9 Å². The number of amides is 2. The van der Waals surface area contributed by atoms with Gasteiger partial charge >= 0.3 is 12.0 Å². The molecule has 1 aromatic carbocycles. The number of ether oxygens (including phenoxy) is 2. The molecule has 0 saturated carbocycles. The molecule has 1 aromatic rings. The molecule has 108 valence electrons. The number of urea groups is 1. The Morgan fingerprint density at radius 3 is 2.85 bits per heavy atom. The molecule has 20 heavy (non-hydrogen) atoms. The molecule has 0 bridgehead atoms. The van der Waals surface area contributed by atoms with Crippen molar-refractivity contribution >= 4 is 12.0 Å². The molecule has 0 spiro atoms. The zero-order valence-electron chi connectivity index (χ0n) is 11.4. The highest BCUT2D eigenvalue weighted by Gasteiger charge is 2.33.